The maximum Gasteiger partial charge on any atom is 0.273 e. The molecule has 0 saturated heterocycles. The Balaban J connectivity index is 2.04. The van der Waals surface area contributed by atoms with E-state index in [4.69, 9.17) is 5.73 Å². The van der Waals surface area contributed by atoms with E-state index in [0.29, 0.717) is 11.3 Å². The van der Waals surface area contributed by atoms with Gasteiger partial charge in [-0.15, -0.1) is 11.3 Å². The molecular formula is C12H12N2O3S2. The highest BCUT2D eigenvalue weighted by Gasteiger charge is 2.18. The van der Waals surface area contributed by atoms with Crippen LogP contribution in [-0.4, -0.2) is 14.3 Å². The Bertz CT molecular complexity index is 662. The quantitative estimate of drug-likeness (QED) is 0.834. The molecule has 1 heterocycles. The smallest absolute Gasteiger partial charge is 0.273 e. The molecule has 0 spiro atoms. The molecule has 5 nitrogen and oxygen atoms in total. The lowest BCUT2D eigenvalue weighted by molar-refractivity contribution is -0.118. The third-order valence-electron chi connectivity index (χ3n) is 2.35. The summed E-state index contributed by atoms with van der Waals surface area (Å²) in [6.07, 6.45) is -0.00904. The van der Waals surface area contributed by atoms with Crippen molar-refractivity contribution in [2.24, 2.45) is 0 Å². The van der Waals surface area contributed by atoms with E-state index < -0.39 is 15.9 Å². The van der Waals surface area contributed by atoms with Crippen LogP contribution in [0.2, 0.25) is 0 Å². The van der Waals surface area contributed by atoms with Crippen LogP contribution in [0.15, 0.2) is 46.0 Å². The molecule has 0 fully saturated rings. The molecule has 1 aromatic carbocycles. The molecule has 0 aliphatic carbocycles. The molecule has 100 valence electrons. The van der Waals surface area contributed by atoms with Crippen molar-refractivity contribution in [1.29, 1.82) is 0 Å². The van der Waals surface area contributed by atoms with Gasteiger partial charge < -0.3 is 5.73 Å². The molecule has 0 aliphatic heterocycles. The third kappa shape index (κ3) is 3.55. The Morgan fingerprint density at radius 1 is 1.21 bits per heavy atom. The van der Waals surface area contributed by atoms with Crippen molar-refractivity contribution in [3.63, 3.8) is 0 Å². The van der Waals surface area contributed by atoms with Crippen molar-refractivity contribution in [3.05, 3.63) is 47.3 Å². The van der Waals surface area contributed by atoms with Crippen LogP contribution in [0.4, 0.5) is 5.69 Å². The number of sulfonamides is 1. The van der Waals surface area contributed by atoms with Crippen molar-refractivity contribution in [1.82, 2.24) is 4.72 Å². The minimum absolute atomic E-state index is 0.00904. The van der Waals surface area contributed by atoms with Gasteiger partial charge in [-0.2, -0.15) is 0 Å². The molecule has 3 N–H and O–H groups in total. The molecule has 1 amide bonds. The lowest BCUT2D eigenvalue weighted by Crippen LogP contribution is -2.31. The normalized spacial score (nSPS) is 11.2. The zero-order valence-electron chi connectivity index (χ0n) is 9.87. The summed E-state index contributed by atoms with van der Waals surface area (Å²) < 4.78 is 25.8. The van der Waals surface area contributed by atoms with Crippen LogP contribution in [0.25, 0.3) is 0 Å². The SMILES string of the molecule is Nc1ccc(CC(=O)NS(=O)(=O)c2cccs2)cc1. The number of benzene rings is 1. The minimum Gasteiger partial charge on any atom is -0.399 e. The van der Waals surface area contributed by atoms with Crippen LogP contribution >= 0.6 is 11.3 Å². The molecule has 0 saturated carbocycles. The second-order valence-electron chi connectivity index (χ2n) is 3.88. The van der Waals surface area contributed by atoms with Gasteiger partial charge in [0.15, 0.2) is 0 Å². The minimum atomic E-state index is -3.75. The first-order valence-electron chi connectivity index (χ1n) is 5.41. The first kappa shape index (κ1) is 13.6. The largest absolute Gasteiger partial charge is 0.399 e. The molecule has 7 heteroatoms. The van der Waals surface area contributed by atoms with Crippen molar-refractivity contribution < 1.29 is 13.2 Å². The van der Waals surface area contributed by atoms with Gasteiger partial charge in [-0.3, -0.25) is 4.79 Å². The van der Waals surface area contributed by atoms with Gasteiger partial charge in [-0.05, 0) is 29.1 Å². The fourth-order valence-corrected chi connectivity index (χ4v) is 3.45. The van der Waals surface area contributed by atoms with Crippen LogP contribution in [0.3, 0.4) is 0 Å². The van der Waals surface area contributed by atoms with Crippen LogP contribution in [-0.2, 0) is 21.2 Å². The van der Waals surface area contributed by atoms with Crippen molar-refractivity contribution in [3.8, 4) is 0 Å². The molecule has 0 radical (unpaired) electrons. The molecule has 0 unspecified atom stereocenters. The highest BCUT2D eigenvalue weighted by atomic mass is 32.2. The fourth-order valence-electron chi connectivity index (χ4n) is 1.47. The first-order chi connectivity index (χ1) is 8.97. The Morgan fingerprint density at radius 3 is 2.47 bits per heavy atom. The number of nitrogens with one attached hydrogen (secondary N) is 1. The maximum absolute atomic E-state index is 11.8. The van der Waals surface area contributed by atoms with E-state index in [9.17, 15) is 13.2 Å². The van der Waals surface area contributed by atoms with Gasteiger partial charge in [0.25, 0.3) is 10.0 Å². The molecule has 0 aliphatic rings. The summed E-state index contributed by atoms with van der Waals surface area (Å²) >= 11 is 1.06. The molecule has 19 heavy (non-hydrogen) atoms. The summed E-state index contributed by atoms with van der Waals surface area (Å²) in [6, 6.07) is 9.76. The number of anilines is 1. The van der Waals surface area contributed by atoms with E-state index in [1.54, 1.807) is 35.7 Å². The molecule has 2 aromatic rings. The number of rotatable bonds is 4. The van der Waals surface area contributed by atoms with Gasteiger partial charge in [0.1, 0.15) is 4.21 Å². The lowest BCUT2D eigenvalue weighted by Gasteiger charge is -2.05. The van der Waals surface area contributed by atoms with Gasteiger partial charge in [0.2, 0.25) is 5.91 Å². The zero-order valence-corrected chi connectivity index (χ0v) is 11.5. The third-order valence-corrected chi connectivity index (χ3v) is 5.12. The van der Waals surface area contributed by atoms with Crippen molar-refractivity contribution >= 4 is 33.0 Å². The van der Waals surface area contributed by atoms with Gasteiger partial charge in [-0.1, -0.05) is 18.2 Å². The number of amides is 1. The number of hydrogen-bond donors (Lipinski definition) is 2. The summed E-state index contributed by atoms with van der Waals surface area (Å²) in [5.74, 6) is -0.571. The van der Waals surface area contributed by atoms with Crippen LogP contribution in [0.1, 0.15) is 5.56 Å². The van der Waals surface area contributed by atoms with Crippen molar-refractivity contribution in [2.45, 2.75) is 10.6 Å². The van der Waals surface area contributed by atoms with Crippen LogP contribution in [0.5, 0.6) is 0 Å². The summed E-state index contributed by atoms with van der Waals surface area (Å²) in [5, 5.41) is 1.64. The second-order valence-corrected chi connectivity index (χ2v) is 6.74. The average Bonchev–Trinajstić information content (AvgIpc) is 2.85. The number of nitrogens with two attached hydrogens (primary N) is 1. The predicted molar refractivity (Wildman–Crippen MR) is 74.2 cm³/mol. The predicted octanol–water partition coefficient (Wildman–Crippen LogP) is 1.38. The lowest BCUT2D eigenvalue weighted by atomic mass is 10.1. The summed E-state index contributed by atoms with van der Waals surface area (Å²) in [4.78, 5) is 11.7. The highest BCUT2D eigenvalue weighted by molar-refractivity contribution is 7.92. The van der Waals surface area contributed by atoms with E-state index in [1.165, 1.54) is 6.07 Å². The summed E-state index contributed by atoms with van der Waals surface area (Å²) in [7, 11) is -3.75. The van der Waals surface area contributed by atoms with Gasteiger partial charge in [0, 0.05) is 5.69 Å². The Morgan fingerprint density at radius 2 is 1.89 bits per heavy atom. The molecule has 2 rings (SSSR count). The zero-order chi connectivity index (χ0) is 13.9. The standard InChI is InChI=1S/C12H12N2O3S2/c13-10-5-3-9(4-6-10)8-11(15)14-19(16,17)12-2-1-7-18-12/h1-7H,8,13H2,(H,14,15). The molecule has 0 bridgehead atoms. The summed E-state index contributed by atoms with van der Waals surface area (Å²) in [5.41, 5.74) is 6.82. The Labute approximate surface area is 115 Å². The van der Waals surface area contributed by atoms with E-state index in [2.05, 4.69) is 0 Å². The van der Waals surface area contributed by atoms with Crippen LogP contribution in [0, 0.1) is 0 Å². The molecular weight excluding hydrogens is 284 g/mol. The number of thiophene rings is 1. The Kier molecular flexibility index (Phi) is 3.87. The number of carbonyl (C=O) groups excluding carboxylic acids is 1. The first-order valence-corrected chi connectivity index (χ1v) is 7.77. The van der Waals surface area contributed by atoms with E-state index >= 15 is 0 Å². The van der Waals surface area contributed by atoms with E-state index in [1.807, 2.05) is 4.72 Å². The molecule has 0 atom stereocenters. The van der Waals surface area contributed by atoms with E-state index in [-0.39, 0.29) is 10.6 Å². The maximum atomic E-state index is 11.8. The monoisotopic (exact) mass is 296 g/mol. The Hall–Kier alpha value is -1.86. The molecule has 1 aromatic heterocycles. The number of carbonyl (C=O) groups is 1. The van der Waals surface area contributed by atoms with E-state index in [0.717, 1.165) is 11.3 Å². The summed E-state index contributed by atoms with van der Waals surface area (Å²) in [6.45, 7) is 0. The number of nitrogen functional groups attached to an aromatic ring is 1. The fraction of sp³-hybridized carbons (Fsp3) is 0.0833. The highest BCUT2D eigenvalue weighted by Crippen LogP contribution is 2.15. The van der Waals surface area contributed by atoms with Gasteiger partial charge in [-0.25, -0.2) is 13.1 Å². The van der Waals surface area contributed by atoms with Crippen LogP contribution < -0.4 is 10.5 Å². The number of hydrogen-bond acceptors (Lipinski definition) is 5. The van der Waals surface area contributed by atoms with Gasteiger partial charge >= 0.3 is 0 Å². The van der Waals surface area contributed by atoms with Gasteiger partial charge in [0.05, 0.1) is 6.42 Å². The average molecular weight is 296 g/mol. The van der Waals surface area contributed by atoms with Crippen molar-refractivity contribution in [2.75, 3.05) is 5.73 Å². The second kappa shape index (κ2) is 5.41. The topological polar surface area (TPSA) is 89.3 Å².